The second-order valence-corrected chi connectivity index (χ2v) is 8.00. The van der Waals surface area contributed by atoms with Crippen LogP contribution in [0, 0.1) is 6.92 Å². The maximum Gasteiger partial charge on any atom is 0.331 e. The first-order valence-electron chi connectivity index (χ1n) is 9.30. The molecule has 1 aromatic carbocycles. The number of hydrogen-bond acceptors (Lipinski definition) is 5. The van der Waals surface area contributed by atoms with Crippen LogP contribution < -0.4 is 10.6 Å². The number of urea groups is 1. The third-order valence-corrected chi connectivity index (χ3v) is 4.19. The van der Waals surface area contributed by atoms with Crippen molar-refractivity contribution in [3.63, 3.8) is 0 Å². The Morgan fingerprint density at radius 3 is 2.43 bits per heavy atom. The third kappa shape index (κ3) is 6.45. The highest BCUT2D eigenvalue weighted by Gasteiger charge is 2.21. The quantitative estimate of drug-likeness (QED) is 0.556. The van der Waals surface area contributed by atoms with Crippen molar-refractivity contribution in [2.45, 2.75) is 46.3 Å². The Labute approximate surface area is 180 Å². The molecular weight excluding hydrogens is 408 g/mol. The summed E-state index contributed by atoms with van der Waals surface area (Å²) in [5, 5.41) is 9.44. The standard InChI is InChI=1S/C21H25ClN4O4/c1-13-16(18(22)26(25-13)15-9-7-6-8-10-15)11-12-17(27)30-14(2)19(28)23-20(29)24-21(3,4)5/h6-12,14H,1-5H3,(H2,23,24,28,29)/b12-11+. The van der Waals surface area contributed by atoms with Crippen LogP contribution in [0.25, 0.3) is 11.8 Å². The largest absolute Gasteiger partial charge is 0.449 e. The predicted molar refractivity (Wildman–Crippen MR) is 114 cm³/mol. The first kappa shape index (κ1) is 23.2. The summed E-state index contributed by atoms with van der Waals surface area (Å²) < 4.78 is 6.61. The van der Waals surface area contributed by atoms with Crippen molar-refractivity contribution < 1.29 is 19.1 Å². The summed E-state index contributed by atoms with van der Waals surface area (Å²) in [6, 6.07) is 8.66. The fourth-order valence-electron chi connectivity index (χ4n) is 2.44. The van der Waals surface area contributed by atoms with E-state index in [-0.39, 0.29) is 0 Å². The topological polar surface area (TPSA) is 102 Å². The van der Waals surface area contributed by atoms with Gasteiger partial charge in [0.2, 0.25) is 0 Å². The number of benzene rings is 1. The molecule has 0 aliphatic heterocycles. The normalized spacial score (nSPS) is 12.5. The molecule has 0 saturated heterocycles. The maximum atomic E-state index is 12.1. The molecule has 8 nitrogen and oxygen atoms in total. The summed E-state index contributed by atoms with van der Waals surface area (Å²) >= 11 is 6.40. The van der Waals surface area contributed by atoms with E-state index in [9.17, 15) is 14.4 Å². The summed E-state index contributed by atoms with van der Waals surface area (Å²) in [6.45, 7) is 8.46. The molecule has 0 aliphatic carbocycles. The van der Waals surface area contributed by atoms with E-state index in [1.54, 1.807) is 32.4 Å². The van der Waals surface area contributed by atoms with E-state index in [1.807, 2.05) is 30.3 Å². The Morgan fingerprint density at radius 2 is 1.83 bits per heavy atom. The molecule has 160 valence electrons. The van der Waals surface area contributed by atoms with Gasteiger partial charge in [0.15, 0.2) is 6.10 Å². The summed E-state index contributed by atoms with van der Waals surface area (Å²) in [4.78, 5) is 35.8. The van der Waals surface area contributed by atoms with Crippen molar-refractivity contribution in [3.05, 3.63) is 52.8 Å². The number of amides is 3. The molecule has 9 heteroatoms. The third-order valence-electron chi connectivity index (χ3n) is 3.82. The van der Waals surface area contributed by atoms with Gasteiger partial charge < -0.3 is 10.1 Å². The average molecular weight is 433 g/mol. The van der Waals surface area contributed by atoms with Crippen molar-refractivity contribution >= 4 is 35.6 Å². The van der Waals surface area contributed by atoms with Crippen LogP contribution in [0.3, 0.4) is 0 Å². The Kier molecular flexibility index (Phi) is 7.39. The highest BCUT2D eigenvalue weighted by Crippen LogP contribution is 2.24. The van der Waals surface area contributed by atoms with Gasteiger partial charge in [-0.1, -0.05) is 29.8 Å². The molecule has 2 N–H and O–H groups in total. The number of hydrogen-bond donors (Lipinski definition) is 2. The van der Waals surface area contributed by atoms with Crippen molar-refractivity contribution in [2.75, 3.05) is 0 Å². The highest BCUT2D eigenvalue weighted by atomic mass is 35.5. The van der Waals surface area contributed by atoms with Gasteiger partial charge in [0.05, 0.1) is 11.4 Å². The maximum absolute atomic E-state index is 12.1. The zero-order chi connectivity index (χ0) is 22.5. The zero-order valence-corrected chi connectivity index (χ0v) is 18.3. The van der Waals surface area contributed by atoms with Crippen molar-refractivity contribution in [2.24, 2.45) is 0 Å². The molecule has 2 aromatic rings. The molecule has 0 radical (unpaired) electrons. The van der Waals surface area contributed by atoms with Crippen LogP contribution in [0.1, 0.15) is 39.0 Å². The van der Waals surface area contributed by atoms with Crippen LogP contribution in [0.2, 0.25) is 5.15 Å². The number of halogens is 1. The minimum Gasteiger partial charge on any atom is -0.449 e. The molecule has 30 heavy (non-hydrogen) atoms. The molecule has 1 unspecified atom stereocenters. The Morgan fingerprint density at radius 1 is 1.20 bits per heavy atom. The van der Waals surface area contributed by atoms with Gasteiger partial charge in [-0.3, -0.25) is 10.1 Å². The highest BCUT2D eigenvalue weighted by molar-refractivity contribution is 6.31. The van der Waals surface area contributed by atoms with E-state index in [0.717, 1.165) is 11.8 Å². The molecule has 3 amide bonds. The van der Waals surface area contributed by atoms with E-state index in [1.165, 1.54) is 13.0 Å². The molecule has 0 spiro atoms. The minimum atomic E-state index is -1.16. The Bertz CT molecular complexity index is 961. The number of nitrogens with zero attached hydrogens (tertiary/aromatic N) is 2. The van der Waals surface area contributed by atoms with Crippen LogP contribution in [-0.4, -0.2) is 39.3 Å². The summed E-state index contributed by atoms with van der Waals surface area (Å²) in [7, 11) is 0. The molecular formula is C21H25ClN4O4. The van der Waals surface area contributed by atoms with Crippen LogP contribution in [0.4, 0.5) is 4.79 Å². The van der Waals surface area contributed by atoms with Gasteiger partial charge >= 0.3 is 12.0 Å². The van der Waals surface area contributed by atoms with Gasteiger partial charge in [-0.25, -0.2) is 14.3 Å². The SMILES string of the molecule is Cc1nn(-c2ccccc2)c(Cl)c1/C=C/C(=O)OC(C)C(=O)NC(=O)NC(C)(C)C. The van der Waals surface area contributed by atoms with Gasteiger partial charge in [-0.15, -0.1) is 0 Å². The molecule has 2 rings (SSSR count). The van der Waals surface area contributed by atoms with Crippen molar-refractivity contribution in [1.29, 1.82) is 0 Å². The number of aryl methyl sites for hydroxylation is 1. The Balaban J connectivity index is 2.00. The lowest BCUT2D eigenvalue weighted by molar-refractivity contribution is -0.149. The van der Waals surface area contributed by atoms with E-state index in [2.05, 4.69) is 15.7 Å². The van der Waals surface area contributed by atoms with Gasteiger partial charge in [0.1, 0.15) is 5.15 Å². The first-order valence-corrected chi connectivity index (χ1v) is 9.68. The van der Waals surface area contributed by atoms with Crippen LogP contribution in [0.15, 0.2) is 36.4 Å². The zero-order valence-electron chi connectivity index (χ0n) is 17.5. The fourth-order valence-corrected chi connectivity index (χ4v) is 2.78. The number of rotatable bonds is 5. The molecule has 0 saturated carbocycles. The molecule has 0 fully saturated rings. The van der Waals surface area contributed by atoms with E-state index >= 15 is 0 Å². The first-order chi connectivity index (χ1) is 14.0. The number of carbonyl (C=O) groups excluding carboxylic acids is 3. The number of nitrogens with one attached hydrogen (secondary N) is 2. The van der Waals surface area contributed by atoms with Crippen LogP contribution in [0.5, 0.6) is 0 Å². The molecule has 1 atom stereocenters. The monoisotopic (exact) mass is 432 g/mol. The summed E-state index contributed by atoms with van der Waals surface area (Å²) in [6.07, 6.45) is 1.48. The Hall–Kier alpha value is -3.13. The van der Waals surface area contributed by atoms with E-state index in [4.69, 9.17) is 16.3 Å². The minimum absolute atomic E-state index is 0.340. The number of carbonyl (C=O) groups is 3. The van der Waals surface area contributed by atoms with Crippen molar-refractivity contribution in [1.82, 2.24) is 20.4 Å². The lowest BCUT2D eigenvalue weighted by Gasteiger charge is -2.21. The van der Waals surface area contributed by atoms with Crippen LogP contribution in [-0.2, 0) is 14.3 Å². The van der Waals surface area contributed by atoms with Crippen LogP contribution >= 0.6 is 11.6 Å². The van der Waals surface area contributed by atoms with Gasteiger partial charge in [-0.05, 0) is 52.8 Å². The molecule has 1 aromatic heterocycles. The fraction of sp³-hybridized carbons (Fsp3) is 0.333. The van der Waals surface area contributed by atoms with Gasteiger partial charge in [-0.2, -0.15) is 5.10 Å². The second kappa shape index (κ2) is 9.58. The van der Waals surface area contributed by atoms with E-state index in [0.29, 0.717) is 16.4 Å². The number of imide groups is 1. The average Bonchev–Trinajstić information content (AvgIpc) is 2.93. The molecule has 1 heterocycles. The number of esters is 1. The summed E-state index contributed by atoms with van der Waals surface area (Å²) in [5.74, 6) is -1.48. The van der Waals surface area contributed by atoms with Gasteiger partial charge in [0.25, 0.3) is 5.91 Å². The number of para-hydroxylation sites is 1. The molecule has 0 aliphatic rings. The number of ether oxygens (including phenoxy) is 1. The smallest absolute Gasteiger partial charge is 0.331 e. The number of aromatic nitrogens is 2. The van der Waals surface area contributed by atoms with Crippen molar-refractivity contribution in [3.8, 4) is 5.69 Å². The lowest BCUT2D eigenvalue weighted by Crippen LogP contribution is -2.50. The molecule has 0 bridgehead atoms. The lowest BCUT2D eigenvalue weighted by atomic mass is 10.1. The van der Waals surface area contributed by atoms with E-state index < -0.39 is 29.6 Å². The summed E-state index contributed by atoms with van der Waals surface area (Å²) in [5.41, 5.74) is 1.46. The second-order valence-electron chi connectivity index (χ2n) is 7.64. The van der Waals surface area contributed by atoms with Gasteiger partial charge in [0, 0.05) is 17.2 Å². The predicted octanol–water partition coefficient (Wildman–Crippen LogP) is 3.40.